The zero-order valence-electron chi connectivity index (χ0n) is 11.5. The molecule has 1 saturated heterocycles. The summed E-state index contributed by atoms with van der Waals surface area (Å²) in [5, 5.41) is 9.29. The Kier molecular flexibility index (Phi) is 3.51. The SMILES string of the molecule is O=C(O)[C@H]1CCCCN1C(=O)c1cccn1C1CCC1. The zero-order chi connectivity index (χ0) is 14.1. The van der Waals surface area contributed by atoms with Crippen molar-refractivity contribution < 1.29 is 14.7 Å². The number of hydrogen-bond donors (Lipinski definition) is 1. The third kappa shape index (κ3) is 2.21. The van der Waals surface area contributed by atoms with E-state index in [1.807, 2.05) is 22.9 Å². The van der Waals surface area contributed by atoms with Crippen LogP contribution in [0.15, 0.2) is 18.3 Å². The van der Waals surface area contributed by atoms with Gasteiger partial charge in [-0.3, -0.25) is 4.79 Å². The Bertz CT molecular complexity index is 519. The number of aromatic nitrogens is 1. The molecule has 108 valence electrons. The maximum absolute atomic E-state index is 12.7. The van der Waals surface area contributed by atoms with E-state index in [-0.39, 0.29) is 5.91 Å². The quantitative estimate of drug-likeness (QED) is 0.921. The van der Waals surface area contributed by atoms with E-state index in [1.54, 1.807) is 0 Å². The molecule has 1 aromatic rings. The number of rotatable bonds is 3. The smallest absolute Gasteiger partial charge is 0.326 e. The van der Waals surface area contributed by atoms with Crippen molar-refractivity contribution in [3.8, 4) is 0 Å². The lowest BCUT2D eigenvalue weighted by atomic mass is 9.92. The van der Waals surface area contributed by atoms with Crippen LogP contribution in [0.2, 0.25) is 0 Å². The second kappa shape index (κ2) is 5.31. The van der Waals surface area contributed by atoms with Gasteiger partial charge in [0.1, 0.15) is 11.7 Å². The second-order valence-electron chi connectivity index (χ2n) is 5.73. The van der Waals surface area contributed by atoms with Gasteiger partial charge < -0.3 is 14.6 Å². The van der Waals surface area contributed by atoms with Gasteiger partial charge in [0, 0.05) is 18.8 Å². The second-order valence-corrected chi connectivity index (χ2v) is 5.73. The molecule has 0 bridgehead atoms. The molecular weight excluding hydrogens is 256 g/mol. The predicted molar refractivity (Wildman–Crippen MR) is 73.6 cm³/mol. The molecular formula is C15H20N2O3. The van der Waals surface area contributed by atoms with Gasteiger partial charge in [-0.1, -0.05) is 0 Å². The van der Waals surface area contributed by atoms with Gasteiger partial charge in [-0.15, -0.1) is 0 Å². The minimum atomic E-state index is -0.889. The number of carboxylic acid groups (broad SMARTS) is 1. The maximum Gasteiger partial charge on any atom is 0.326 e. The predicted octanol–water partition coefficient (Wildman–Crippen LogP) is 2.29. The molecule has 3 rings (SSSR count). The van der Waals surface area contributed by atoms with Crippen molar-refractivity contribution >= 4 is 11.9 Å². The highest BCUT2D eigenvalue weighted by Gasteiger charge is 2.34. The first-order chi connectivity index (χ1) is 9.68. The molecule has 1 aliphatic carbocycles. The topological polar surface area (TPSA) is 62.5 Å². The number of piperidine rings is 1. The van der Waals surface area contributed by atoms with Crippen molar-refractivity contribution in [2.45, 2.75) is 50.6 Å². The van der Waals surface area contributed by atoms with E-state index in [4.69, 9.17) is 0 Å². The largest absolute Gasteiger partial charge is 0.480 e. The Hall–Kier alpha value is -1.78. The zero-order valence-corrected chi connectivity index (χ0v) is 11.5. The number of carbonyl (C=O) groups is 2. The first kappa shape index (κ1) is 13.2. The lowest BCUT2D eigenvalue weighted by molar-refractivity contribution is -0.143. The Balaban J connectivity index is 1.83. The van der Waals surface area contributed by atoms with E-state index in [0.29, 0.717) is 24.7 Å². The summed E-state index contributed by atoms with van der Waals surface area (Å²) in [6.45, 7) is 0.547. The number of carboxylic acids is 1. The number of likely N-dealkylation sites (tertiary alicyclic amines) is 1. The van der Waals surface area contributed by atoms with Crippen LogP contribution in [0.3, 0.4) is 0 Å². The molecule has 1 amide bonds. The monoisotopic (exact) mass is 276 g/mol. The molecule has 2 heterocycles. The molecule has 1 saturated carbocycles. The number of nitrogens with zero attached hydrogens (tertiary/aromatic N) is 2. The summed E-state index contributed by atoms with van der Waals surface area (Å²) >= 11 is 0. The summed E-state index contributed by atoms with van der Waals surface area (Å²) in [5.74, 6) is -1.02. The van der Waals surface area contributed by atoms with Gasteiger partial charge in [-0.05, 0) is 50.7 Å². The van der Waals surface area contributed by atoms with Crippen molar-refractivity contribution in [1.82, 2.24) is 9.47 Å². The van der Waals surface area contributed by atoms with Gasteiger partial charge >= 0.3 is 5.97 Å². The number of amides is 1. The number of hydrogen-bond acceptors (Lipinski definition) is 2. The lowest BCUT2D eigenvalue weighted by Gasteiger charge is -2.35. The van der Waals surface area contributed by atoms with Crippen LogP contribution in [-0.4, -0.2) is 39.0 Å². The normalized spacial score (nSPS) is 23.4. The van der Waals surface area contributed by atoms with Gasteiger partial charge in [0.2, 0.25) is 0 Å². The Morgan fingerprint density at radius 1 is 1.15 bits per heavy atom. The van der Waals surface area contributed by atoms with Gasteiger partial charge in [0.25, 0.3) is 5.91 Å². The number of carbonyl (C=O) groups excluding carboxylic acids is 1. The molecule has 1 aliphatic heterocycles. The Morgan fingerprint density at radius 3 is 2.60 bits per heavy atom. The standard InChI is InChI=1S/C15H20N2O3/c18-14(17-9-2-1-7-13(17)15(19)20)12-8-4-10-16(12)11-5-3-6-11/h4,8,10-11,13H,1-3,5-7,9H2,(H,19,20)/t13-/m1/s1. The van der Waals surface area contributed by atoms with Crippen molar-refractivity contribution in [2.24, 2.45) is 0 Å². The van der Waals surface area contributed by atoms with Gasteiger partial charge in [0.05, 0.1) is 0 Å². The summed E-state index contributed by atoms with van der Waals surface area (Å²) in [6, 6.07) is 3.44. The van der Waals surface area contributed by atoms with E-state index < -0.39 is 12.0 Å². The molecule has 1 N–H and O–H groups in total. The van der Waals surface area contributed by atoms with Crippen LogP contribution in [-0.2, 0) is 4.79 Å². The highest BCUT2D eigenvalue weighted by molar-refractivity contribution is 5.95. The van der Waals surface area contributed by atoms with Crippen LogP contribution < -0.4 is 0 Å². The number of aliphatic carboxylic acids is 1. The summed E-state index contributed by atoms with van der Waals surface area (Å²) in [6.07, 6.45) is 7.69. The molecule has 2 fully saturated rings. The Labute approximate surface area is 118 Å². The van der Waals surface area contributed by atoms with Crippen LogP contribution >= 0.6 is 0 Å². The fraction of sp³-hybridized carbons (Fsp3) is 0.600. The van der Waals surface area contributed by atoms with E-state index in [2.05, 4.69) is 0 Å². The molecule has 0 unspecified atom stereocenters. The third-order valence-electron chi connectivity index (χ3n) is 4.51. The molecule has 5 nitrogen and oxygen atoms in total. The summed E-state index contributed by atoms with van der Waals surface area (Å²) in [7, 11) is 0. The first-order valence-corrected chi connectivity index (χ1v) is 7.39. The molecule has 20 heavy (non-hydrogen) atoms. The molecule has 0 radical (unpaired) electrons. The van der Waals surface area contributed by atoms with Crippen molar-refractivity contribution in [3.05, 3.63) is 24.0 Å². The molecule has 2 aliphatic rings. The average Bonchev–Trinajstić information content (AvgIpc) is 2.85. The van der Waals surface area contributed by atoms with Crippen LogP contribution in [0.1, 0.15) is 55.1 Å². The average molecular weight is 276 g/mol. The van der Waals surface area contributed by atoms with Crippen molar-refractivity contribution in [3.63, 3.8) is 0 Å². The molecule has 0 spiro atoms. The highest BCUT2D eigenvalue weighted by Crippen LogP contribution is 2.33. The maximum atomic E-state index is 12.7. The van der Waals surface area contributed by atoms with Gasteiger partial charge in [-0.25, -0.2) is 4.79 Å². The van der Waals surface area contributed by atoms with Gasteiger partial charge in [-0.2, -0.15) is 0 Å². The molecule has 1 aromatic heterocycles. The van der Waals surface area contributed by atoms with E-state index in [9.17, 15) is 14.7 Å². The first-order valence-electron chi connectivity index (χ1n) is 7.39. The fourth-order valence-corrected chi connectivity index (χ4v) is 3.14. The summed E-state index contributed by atoms with van der Waals surface area (Å²) in [4.78, 5) is 25.5. The van der Waals surface area contributed by atoms with Crippen LogP contribution in [0.5, 0.6) is 0 Å². The van der Waals surface area contributed by atoms with Crippen LogP contribution in [0, 0.1) is 0 Å². The molecule has 0 aromatic carbocycles. The Morgan fingerprint density at radius 2 is 1.95 bits per heavy atom. The van der Waals surface area contributed by atoms with Crippen LogP contribution in [0.4, 0.5) is 0 Å². The minimum absolute atomic E-state index is 0.131. The van der Waals surface area contributed by atoms with E-state index in [0.717, 1.165) is 25.7 Å². The lowest BCUT2D eigenvalue weighted by Crippen LogP contribution is -2.48. The van der Waals surface area contributed by atoms with Crippen molar-refractivity contribution in [2.75, 3.05) is 6.54 Å². The minimum Gasteiger partial charge on any atom is -0.480 e. The van der Waals surface area contributed by atoms with E-state index in [1.165, 1.54) is 11.3 Å². The third-order valence-corrected chi connectivity index (χ3v) is 4.51. The van der Waals surface area contributed by atoms with Crippen LogP contribution in [0.25, 0.3) is 0 Å². The van der Waals surface area contributed by atoms with Crippen molar-refractivity contribution in [1.29, 1.82) is 0 Å². The highest BCUT2D eigenvalue weighted by atomic mass is 16.4. The summed E-state index contributed by atoms with van der Waals surface area (Å²) < 4.78 is 2.03. The fourth-order valence-electron chi connectivity index (χ4n) is 3.14. The molecule has 1 atom stereocenters. The molecule has 5 heteroatoms. The van der Waals surface area contributed by atoms with E-state index >= 15 is 0 Å². The summed E-state index contributed by atoms with van der Waals surface area (Å²) in [5.41, 5.74) is 0.642. The van der Waals surface area contributed by atoms with Gasteiger partial charge in [0.15, 0.2) is 0 Å².